The molecule has 3 heteroatoms. The Morgan fingerprint density at radius 1 is 1.27 bits per heavy atom. The van der Waals surface area contributed by atoms with Gasteiger partial charge in [-0.25, -0.2) is 0 Å². The van der Waals surface area contributed by atoms with Gasteiger partial charge in [-0.3, -0.25) is 4.79 Å². The van der Waals surface area contributed by atoms with E-state index in [-0.39, 0.29) is 11.9 Å². The first kappa shape index (κ1) is 7.25. The van der Waals surface area contributed by atoms with Crippen LogP contribution in [0.25, 0.3) is 0 Å². The molecule has 0 spiro atoms. The first-order valence-corrected chi connectivity index (χ1v) is 4.01. The minimum Gasteiger partial charge on any atom is -0.369 e. The second kappa shape index (κ2) is 2.91. The summed E-state index contributed by atoms with van der Waals surface area (Å²) >= 11 is 0. The van der Waals surface area contributed by atoms with Crippen molar-refractivity contribution < 1.29 is 14.3 Å². The zero-order chi connectivity index (χ0) is 7.68. The van der Waals surface area contributed by atoms with Crippen LogP contribution in [-0.4, -0.2) is 25.1 Å². The highest BCUT2D eigenvalue weighted by Crippen LogP contribution is 2.28. The summed E-state index contributed by atoms with van der Waals surface area (Å²) in [6.07, 6.45) is 3.01. The lowest BCUT2D eigenvalue weighted by molar-refractivity contribution is -0.123. The third kappa shape index (κ3) is 1.30. The lowest BCUT2D eigenvalue weighted by Gasteiger charge is -2.13. The van der Waals surface area contributed by atoms with Crippen LogP contribution in [0, 0.1) is 6.10 Å². The molecular weight excluding hydrogens is 144 g/mol. The summed E-state index contributed by atoms with van der Waals surface area (Å²) in [4.78, 5) is 11.1. The van der Waals surface area contributed by atoms with E-state index in [0.717, 1.165) is 25.6 Å². The van der Waals surface area contributed by atoms with Gasteiger partial charge in [0, 0.05) is 13.0 Å². The van der Waals surface area contributed by atoms with E-state index in [0.29, 0.717) is 13.0 Å². The molecule has 2 rings (SSSR count). The van der Waals surface area contributed by atoms with Crippen molar-refractivity contribution in [3.63, 3.8) is 0 Å². The lowest BCUT2D eigenvalue weighted by atomic mass is 10.1. The molecule has 0 aromatic carbocycles. The highest BCUT2D eigenvalue weighted by atomic mass is 16.5. The monoisotopic (exact) mass is 155 g/mol. The fraction of sp³-hybridized carbons (Fsp3) is 0.750. The van der Waals surface area contributed by atoms with E-state index < -0.39 is 0 Å². The van der Waals surface area contributed by atoms with E-state index in [9.17, 15) is 4.79 Å². The zero-order valence-electron chi connectivity index (χ0n) is 6.34. The summed E-state index contributed by atoms with van der Waals surface area (Å²) in [6, 6.07) is 0. The molecule has 2 fully saturated rings. The Hall–Kier alpha value is -0.410. The number of carbonyl (C=O) groups is 1. The summed E-state index contributed by atoms with van der Waals surface area (Å²) < 4.78 is 10.5. The van der Waals surface area contributed by atoms with Gasteiger partial charge in [0.15, 0.2) is 5.78 Å². The Bertz CT molecular complexity index is 161. The molecule has 3 nitrogen and oxygen atoms in total. The normalized spacial score (nSPS) is 33.5. The Morgan fingerprint density at radius 3 is 2.73 bits per heavy atom. The molecule has 2 aliphatic heterocycles. The maximum Gasteiger partial charge on any atom is 0.166 e. The molecule has 1 radical (unpaired) electrons. The minimum absolute atomic E-state index is 0.182. The number of ether oxygens (including phenoxy) is 2. The number of hydrogen-bond donors (Lipinski definition) is 0. The van der Waals surface area contributed by atoms with Crippen molar-refractivity contribution in [2.45, 2.75) is 25.4 Å². The van der Waals surface area contributed by atoms with E-state index in [1.165, 1.54) is 0 Å². The van der Waals surface area contributed by atoms with Gasteiger partial charge >= 0.3 is 0 Å². The SMILES string of the molecule is O=C1CCOC1[C]1CCCO1. The van der Waals surface area contributed by atoms with Crippen LogP contribution in [0.15, 0.2) is 0 Å². The average molecular weight is 155 g/mol. The third-order valence-corrected chi connectivity index (χ3v) is 2.07. The van der Waals surface area contributed by atoms with Crippen LogP contribution < -0.4 is 0 Å². The molecule has 0 aliphatic carbocycles. The lowest BCUT2D eigenvalue weighted by Crippen LogP contribution is -2.23. The van der Waals surface area contributed by atoms with Crippen molar-refractivity contribution in [2.24, 2.45) is 0 Å². The number of rotatable bonds is 1. The first-order chi connectivity index (χ1) is 5.38. The topological polar surface area (TPSA) is 35.5 Å². The second-order valence-electron chi connectivity index (χ2n) is 2.89. The maximum absolute atomic E-state index is 11.1. The van der Waals surface area contributed by atoms with Gasteiger partial charge in [0.2, 0.25) is 0 Å². The molecular formula is C8H11O3. The first-order valence-electron chi connectivity index (χ1n) is 4.01. The average Bonchev–Trinajstić information content (AvgIpc) is 2.55. The van der Waals surface area contributed by atoms with Crippen LogP contribution >= 0.6 is 0 Å². The van der Waals surface area contributed by atoms with Crippen LogP contribution in [0.4, 0.5) is 0 Å². The number of ketones is 1. The van der Waals surface area contributed by atoms with Crippen molar-refractivity contribution in [2.75, 3.05) is 13.2 Å². The molecule has 1 atom stereocenters. The number of carbonyl (C=O) groups excluding carboxylic acids is 1. The summed E-state index contributed by atoms with van der Waals surface area (Å²) in [6.45, 7) is 1.32. The fourth-order valence-electron chi connectivity index (χ4n) is 1.50. The highest BCUT2D eigenvalue weighted by molar-refractivity contribution is 5.86. The van der Waals surface area contributed by atoms with Crippen molar-refractivity contribution in [1.29, 1.82) is 0 Å². The van der Waals surface area contributed by atoms with E-state index in [4.69, 9.17) is 9.47 Å². The smallest absolute Gasteiger partial charge is 0.166 e. The standard InChI is InChI=1S/C8H11O3/c9-6-3-5-11-8(6)7-2-1-4-10-7/h8H,1-5H2. The molecule has 1 unspecified atom stereocenters. The molecule has 0 amide bonds. The van der Waals surface area contributed by atoms with E-state index in [2.05, 4.69) is 0 Å². The second-order valence-corrected chi connectivity index (χ2v) is 2.89. The van der Waals surface area contributed by atoms with Crippen LogP contribution in [0.3, 0.4) is 0 Å². The van der Waals surface area contributed by atoms with Crippen molar-refractivity contribution in [3.05, 3.63) is 6.10 Å². The Kier molecular flexibility index (Phi) is 1.92. The Labute approximate surface area is 65.7 Å². The number of Topliss-reactive ketones (excluding diaryl/α,β-unsaturated/α-hetero) is 1. The fourth-order valence-corrected chi connectivity index (χ4v) is 1.50. The van der Waals surface area contributed by atoms with Gasteiger partial charge in [-0.1, -0.05) is 0 Å². The van der Waals surface area contributed by atoms with Gasteiger partial charge in [0.1, 0.15) is 12.2 Å². The quantitative estimate of drug-likeness (QED) is 0.558. The molecule has 0 aromatic rings. The summed E-state index contributed by atoms with van der Waals surface area (Å²) in [5.74, 6) is 0.182. The molecule has 0 bridgehead atoms. The molecule has 2 saturated heterocycles. The summed E-state index contributed by atoms with van der Waals surface area (Å²) in [7, 11) is 0. The van der Waals surface area contributed by atoms with Gasteiger partial charge in [-0.15, -0.1) is 0 Å². The maximum atomic E-state index is 11.1. The molecule has 2 aliphatic rings. The summed E-state index contributed by atoms with van der Waals surface area (Å²) in [5, 5.41) is 0. The summed E-state index contributed by atoms with van der Waals surface area (Å²) in [5.41, 5.74) is 0. The molecule has 11 heavy (non-hydrogen) atoms. The molecule has 61 valence electrons. The minimum atomic E-state index is -0.322. The van der Waals surface area contributed by atoms with Gasteiger partial charge in [0.25, 0.3) is 0 Å². The number of hydrogen-bond acceptors (Lipinski definition) is 3. The van der Waals surface area contributed by atoms with Crippen LogP contribution in [0.5, 0.6) is 0 Å². The van der Waals surface area contributed by atoms with Crippen molar-refractivity contribution >= 4 is 5.78 Å². The van der Waals surface area contributed by atoms with Crippen molar-refractivity contribution in [3.8, 4) is 0 Å². The molecule has 0 N–H and O–H groups in total. The van der Waals surface area contributed by atoms with Gasteiger partial charge in [-0.05, 0) is 12.8 Å². The molecule has 0 aromatic heterocycles. The predicted molar refractivity (Wildman–Crippen MR) is 37.8 cm³/mol. The van der Waals surface area contributed by atoms with Crippen LogP contribution in [-0.2, 0) is 14.3 Å². The Balaban J connectivity index is 1.97. The zero-order valence-corrected chi connectivity index (χ0v) is 6.34. The Morgan fingerprint density at radius 2 is 2.18 bits per heavy atom. The predicted octanol–water partition coefficient (Wildman–Crippen LogP) is 0.687. The van der Waals surface area contributed by atoms with E-state index in [1.807, 2.05) is 0 Å². The van der Waals surface area contributed by atoms with Crippen LogP contribution in [0.1, 0.15) is 19.3 Å². The van der Waals surface area contributed by atoms with Crippen molar-refractivity contribution in [1.82, 2.24) is 0 Å². The van der Waals surface area contributed by atoms with Gasteiger partial charge < -0.3 is 9.47 Å². The van der Waals surface area contributed by atoms with Gasteiger partial charge in [-0.2, -0.15) is 0 Å². The largest absolute Gasteiger partial charge is 0.369 e. The van der Waals surface area contributed by atoms with Crippen LogP contribution in [0.2, 0.25) is 0 Å². The van der Waals surface area contributed by atoms with E-state index >= 15 is 0 Å². The van der Waals surface area contributed by atoms with Gasteiger partial charge in [0.05, 0.1) is 6.61 Å². The third-order valence-electron chi connectivity index (χ3n) is 2.07. The molecule has 2 heterocycles. The van der Waals surface area contributed by atoms with E-state index in [1.54, 1.807) is 0 Å². The highest BCUT2D eigenvalue weighted by Gasteiger charge is 2.36. The molecule has 0 saturated carbocycles.